The highest BCUT2D eigenvalue weighted by Gasteiger charge is 2.18. The molecule has 0 aromatic carbocycles. The summed E-state index contributed by atoms with van der Waals surface area (Å²) in [4.78, 5) is 2.74. The third kappa shape index (κ3) is 2.94. The molecule has 18 heavy (non-hydrogen) atoms. The van der Waals surface area contributed by atoms with Crippen LogP contribution in [0.5, 0.6) is 5.75 Å². The molecule has 0 aliphatic rings. The summed E-state index contributed by atoms with van der Waals surface area (Å²) in [5.41, 5.74) is 1.36. The summed E-state index contributed by atoms with van der Waals surface area (Å²) < 4.78 is 5.28. The highest BCUT2D eigenvalue weighted by atomic mass is 32.1. The van der Waals surface area contributed by atoms with Crippen molar-refractivity contribution in [2.24, 2.45) is 0 Å². The van der Waals surface area contributed by atoms with Crippen LogP contribution in [-0.4, -0.2) is 13.7 Å². The fourth-order valence-corrected chi connectivity index (χ4v) is 3.92. The molecule has 0 saturated carbocycles. The Morgan fingerprint density at radius 2 is 2.22 bits per heavy atom. The van der Waals surface area contributed by atoms with E-state index in [4.69, 9.17) is 4.74 Å². The molecule has 2 nitrogen and oxygen atoms in total. The Bertz CT molecular complexity index is 489. The number of hydrogen-bond donors (Lipinski definition) is 1. The Labute approximate surface area is 117 Å². The zero-order valence-electron chi connectivity index (χ0n) is 11.0. The maximum absolute atomic E-state index is 5.28. The molecule has 0 bridgehead atoms. The van der Waals surface area contributed by atoms with Gasteiger partial charge in [0.2, 0.25) is 0 Å². The first kappa shape index (κ1) is 13.6. The molecule has 0 amide bonds. The summed E-state index contributed by atoms with van der Waals surface area (Å²) in [7, 11) is 1.72. The van der Waals surface area contributed by atoms with Gasteiger partial charge in [-0.05, 0) is 43.0 Å². The van der Waals surface area contributed by atoms with E-state index in [1.165, 1.54) is 15.3 Å². The van der Waals surface area contributed by atoms with Crippen LogP contribution in [0.1, 0.15) is 34.7 Å². The van der Waals surface area contributed by atoms with Gasteiger partial charge in [0, 0.05) is 15.1 Å². The van der Waals surface area contributed by atoms with Crippen LogP contribution in [0.2, 0.25) is 0 Å². The third-order valence-electron chi connectivity index (χ3n) is 2.88. The van der Waals surface area contributed by atoms with Gasteiger partial charge in [0.15, 0.2) is 0 Å². The predicted octanol–water partition coefficient (Wildman–Crippen LogP) is 4.22. The summed E-state index contributed by atoms with van der Waals surface area (Å²) in [6, 6.07) is 4.63. The van der Waals surface area contributed by atoms with Gasteiger partial charge in [0.25, 0.3) is 0 Å². The minimum absolute atomic E-state index is 0.304. The molecule has 4 heteroatoms. The molecule has 2 heterocycles. The lowest BCUT2D eigenvalue weighted by molar-refractivity contribution is 0.416. The zero-order chi connectivity index (χ0) is 13.0. The van der Waals surface area contributed by atoms with E-state index in [0.717, 1.165) is 18.7 Å². The van der Waals surface area contributed by atoms with Crippen molar-refractivity contribution in [2.45, 2.75) is 26.3 Å². The van der Waals surface area contributed by atoms with Gasteiger partial charge in [0.05, 0.1) is 13.2 Å². The van der Waals surface area contributed by atoms with Crippen molar-refractivity contribution in [2.75, 3.05) is 13.7 Å². The summed E-state index contributed by atoms with van der Waals surface area (Å²) >= 11 is 3.58. The quantitative estimate of drug-likeness (QED) is 0.856. The third-order valence-corrected chi connectivity index (χ3v) is 4.94. The second-order valence-corrected chi connectivity index (χ2v) is 6.13. The Kier molecular flexibility index (Phi) is 4.80. The topological polar surface area (TPSA) is 21.3 Å². The van der Waals surface area contributed by atoms with Crippen LogP contribution in [-0.2, 0) is 0 Å². The van der Waals surface area contributed by atoms with Crippen molar-refractivity contribution >= 4 is 22.7 Å². The average molecular weight is 281 g/mol. The molecule has 2 aromatic rings. The van der Waals surface area contributed by atoms with Crippen molar-refractivity contribution in [3.63, 3.8) is 0 Å². The molecule has 0 radical (unpaired) electrons. The standard InChI is InChI=1S/C14H19NOS2/c1-4-6-15-13(14-10(2)5-7-17-14)12-8-11(16-3)9-18-12/h5,7-9,13,15H,4,6H2,1-3H3. The van der Waals surface area contributed by atoms with E-state index in [0.29, 0.717) is 6.04 Å². The van der Waals surface area contributed by atoms with Gasteiger partial charge in [0.1, 0.15) is 5.75 Å². The number of hydrogen-bond acceptors (Lipinski definition) is 4. The predicted molar refractivity (Wildman–Crippen MR) is 80.1 cm³/mol. The molecule has 0 aliphatic carbocycles. The van der Waals surface area contributed by atoms with Crippen LogP contribution < -0.4 is 10.1 Å². The number of aryl methyl sites for hydroxylation is 1. The van der Waals surface area contributed by atoms with Crippen molar-refractivity contribution in [3.05, 3.63) is 38.2 Å². The normalized spacial score (nSPS) is 12.6. The number of thiophene rings is 2. The SMILES string of the molecule is CCCNC(c1cc(OC)cs1)c1sccc1C. The van der Waals surface area contributed by atoms with E-state index in [-0.39, 0.29) is 0 Å². The second kappa shape index (κ2) is 6.36. The molecule has 0 spiro atoms. The number of nitrogens with one attached hydrogen (secondary N) is 1. The molecule has 0 saturated heterocycles. The summed E-state index contributed by atoms with van der Waals surface area (Å²) in [6.45, 7) is 5.40. The van der Waals surface area contributed by atoms with Gasteiger partial charge in [-0.25, -0.2) is 0 Å². The largest absolute Gasteiger partial charge is 0.496 e. The Morgan fingerprint density at radius 3 is 2.78 bits per heavy atom. The summed E-state index contributed by atoms with van der Waals surface area (Å²) in [5.74, 6) is 0.951. The van der Waals surface area contributed by atoms with E-state index >= 15 is 0 Å². The maximum atomic E-state index is 5.28. The van der Waals surface area contributed by atoms with Gasteiger partial charge in [-0.2, -0.15) is 0 Å². The fourth-order valence-electron chi connectivity index (χ4n) is 1.88. The minimum atomic E-state index is 0.304. The van der Waals surface area contributed by atoms with E-state index in [9.17, 15) is 0 Å². The Hall–Kier alpha value is -0.840. The molecule has 2 aromatic heterocycles. The number of methoxy groups -OCH3 is 1. The molecule has 1 atom stereocenters. The number of ether oxygens (including phenoxy) is 1. The van der Waals surface area contributed by atoms with Crippen molar-refractivity contribution < 1.29 is 4.74 Å². The van der Waals surface area contributed by atoms with Gasteiger partial charge < -0.3 is 10.1 Å². The molecule has 2 rings (SSSR count). The minimum Gasteiger partial charge on any atom is -0.496 e. The first-order chi connectivity index (χ1) is 8.76. The van der Waals surface area contributed by atoms with E-state index in [1.807, 2.05) is 11.3 Å². The first-order valence-corrected chi connectivity index (χ1v) is 7.92. The van der Waals surface area contributed by atoms with Crippen LogP contribution in [0.25, 0.3) is 0 Å². The monoisotopic (exact) mass is 281 g/mol. The number of rotatable bonds is 6. The highest BCUT2D eigenvalue weighted by Crippen LogP contribution is 2.34. The molecule has 98 valence electrons. The van der Waals surface area contributed by atoms with E-state index < -0.39 is 0 Å². The van der Waals surface area contributed by atoms with Crippen molar-refractivity contribution in [3.8, 4) is 5.75 Å². The Morgan fingerprint density at radius 1 is 1.39 bits per heavy atom. The highest BCUT2D eigenvalue weighted by molar-refractivity contribution is 7.11. The molecule has 0 aliphatic heterocycles. The van der Waals surface area contributed by atoms with Gasteiger partial charge >= 0.3 is 0 Å². The van der Waals surface area contributed by atoms with Gasteiger partial charge in [-0.15, -0.1) is 22.7 Å². The lowest BCUT2D eigenvalue weighted by atomic mass is 10.1. The Balaban J connectivity index is 2.27. The van der Waals surface area contributed by atoms with Crippen LogP contribution in [0, 0.1) is 6.92 Å². The maximum Gasteiger partial charge on any atom is 0.129 e. The lowest BCUT2D eigenvalue weighted by Crippen LogP contribution is -2.22. The first-order valence-electron chi connectivity index (χ1n) is 6.16. The van der Waals surface area contributed by atoms with Crippen LogP contribution in [0.15, 0.2) is 22.9 Å². The molecule has 1 unspecified atom stereocenters. The molecular formula is C14H19NOS2. The summed E-state index contributed by atoms with van der Waals surface area (Å²) in [6.07, 6.45) is 1.14. The van der Waals surface area contributed by atoms with Crippen molar-refractivity contribution in [1.82, 2.24) is 5.32 Å². The van der Waals surface area contributed by atoms with Gasteiger partial charge in [-0.3, -0.25) is 0 Å². The van der Waals surface area contributed by atoms with E-state index in [1.54, 1.807) is 18.4 Å². The van der Waals surface area contributed by atoms with Gasteiger partial charge in [-0.1, -0.05) is 6.92 Å². The smallest absolute Gasteiger partial charge is 0.129 e. The van der Waals surface area contributed by atoms with Crippen LogP contribution >= 0.6 is 22.7 Å². The average Bonchev–Trinajstić information content (AvgIpc) is 3.00. The fraction of sp³-hybridized carbons (Fsp3) is 0.429. The lowest BCUT2D eigenvalue weighted by Gasteiger charge is -2.16. The zero-order valence-corrected chi connectivity index (χ0v) is 12.7. The molecule has 0 fully saturated rings. The van der Waals surface area contributed by atoms with Crippen LogP contribution in [0.3, 0.4) is 0 Å². The summed E-state index contributed by atoms with van der Waals surface area (Å²) in [5, 5.41) is 7.86. The van der Waals surface area contributed by atoms with Crippen molar-refractivity contribution in [1.29, 1.82) is 0 Å². The molecular weight excluding hydrogens is 262 g/mol. The van der Waals surface area contributed by atoms with E-state index in [2.05, 4.69) is 42.1 Å². The van der Waals surface area contributed by atoms with Crippen LogP contribution in [0.4, 0.5) is 0 Å². The second-order valence-electron chi connectivity index (χ2n) is 4.24. The molecule has 1 N–H and O–H groups in total.